The van der Waals surface area contributed by atoms with Gasteiger partial charge in [-0.25, -0.2) is 0 Å². The fraction of sp³-hybridized carbons (Fsp3) is 0.611. The van der Waals surface area contributed by atoms with Crippen molar-refractivity contribution in [2.75, 3.05) is 7.05 Å². The van der Waals surface area contributed by atoms with Crippen molar-refractivity contribution in [1.82, 2.24) is 9.80 Å². The molecule has 0 aliphatic heterocycles. The van der Waals surface area contributed by atoms with Gasteiger partial charge in [-0.3, -0.25) is 9.69 Å². The molecule has 1 rings (SSSR count). The minimum atomic E-state index is -4.70. The van der Waals surface area contributed by atoms with Crippen molar-refractivity contribution in [2.45, 2.75) is 65.7 Å². The molecular formula is C18H27F3N2O2. The fourth-order valence-corrected chi connectivity index (χ4v) is 2.73. The van der Waals surface area contributed by atoms with Crippen molar-refractivity contribution < 1.29 is 22.7 Å². The molecular weight excluding hydrogens is 333 g/mol. The van der Waals surface area contributed by atoms with Crippen LogP contribution in [0, 0.1) is 0 Å². The molecule has 0 aliphatic rings. The first-order valence-corrected chi connectivity index (χ1v) is 8.29. The predicted molar refractivity (Wildman–Crippen MR) is 91.2 cm³/mol. The quantitative estimate of drug-likeness (QED) is 0.735. The highest BCUT2D eigenvalue weighted by atomic mass is 19.4. The van der Waals surface area contributed by atoms with Gasteiger partial charge in [0.2, 0.25) is 5.91 Å². The lowest BCUT2D eigenvalue weighted by Crippen LogP contribution is -2.50. The Morgan fingerprint density at radius 3 is 1.92 bits per heavy atom. The zero-order valence-electron chi connectivity index (χ0n) is 15.6. The average molecular weight is 360 g/mol. The monoisotopic (exact) mass is 360 g/mol. The van der Waals surface area contributed by atoms with E-state index in [4.69, 9.17) is 0 Å². The van der Waals surface area contributed by atoms with Crippen LogP contribution in [0.1, 0.15) is 40.2 Å². The Kier molecular flexibility index (Phi) is 7.29. The molecule has 1 aromatic carbocycles. The fourth-order valence-electron chi connectivity index (χ4n) is 2.73. The lowest BCUT2D eigenvalue weighted by atomic mass is 10.1. The van der Waals surface area contributed by atoms with E-state index in [1.807, 2.05) is 51.5 Å². The number of ether oxygens (including phenoxy) is 1. The average Bonchev–Trinajstić information content (AvgIpc) is 2.46. The smallest absolute Gasteiger partial charge is 0.406 e. The van der Waals surface area contributed by atoms with Gasteiger partial charge in [-0.15, -0.1) is 13.2 Å². The van der Waals surface area contributed by atoms with Crippen molar-refractivity contribution in [2.24, 2.45) is 0 Å². The summed E-state index contributed by atoms with van der Waals surface area (Å²) in [5.41, 5.74) is 0.803. The number of carbonyl (C=O) groups is 1. The largest absolute Gasteiger partial charge is 0.573 e. The van der Waals surface area contributed by atoms with Crippen LogP contribution < -0.4 is 4.74 Å². The van der Waals surface area contributed by atoms with Gasteiger partial charge in [0.15, 0.2) is 0 Å². The third kappa shape index (κ3) is 6.57. The van der Waals surface area contributed by atoms with Crippen molar-refractivity contribution in [3.63, 3.8) is 0 Å². The molecule has 0 radical (unpaired) electrons. The summed E-state index contributed by atoms with van der Waals surface area (Å²) in [5, 5.41) is 0. The summed E-state index contributed by atoms with van der Waals surface area (Å²) in [4.78, 5) is 16.4. The molecule has 0 fully saturated rings. The van der Waals surface area contributed by atoms with Crippen LogP contribution in [0.4, 0.5) is 13.2 Å². The zero-order chi connectivity index (χ0) is 19.4. The van der Waals surface area contributed by atoms with Crippen LogP contribution in [0.25, 0.3) is 0 Å². The summed E-state index contributed by atoms with van der Waals surface area (Å²) in [7, 11) is 1.82. The maximum atomic E-state index is 12.7. The van der Waals surface area contributed by atoms with Crippen LogP contribution in [0.15, 0.2) is 24.3 Å². The maximum Gasteiger partial charge on any atom is 0.573 e. The standard InChI is InChI=1S/C18H27F3N2O2/c1-12(2)23(13(3)4)17(24)14(5)22(6)11-15-7-9-16(10-8-15)25-18(19,20)21/h7-10,12-14H,11H2,1-6H3/t14-/m0/s1. The molecule has 0 saturated carbocycles. The second-order valence-corrected chi connectivity index (χ2v) is 6.72. The normalized spacial score (nSPS) is 13.4. The zero-order valence-corrected chi connectivity index (χ0v) is 15.6. The van der Waals surface area contributed by atoms with E-state index in [-0.39, 0.29) is 29.8 Å². The van der Waals surface area contributed by atoms with Crippen LogP contribution in [0.2, 0.25) is 0 Å². The molecule has 4 nitrogen and oxygen atoms in total. The van der Waals surface area contributed by atoms with Gasteiger partial charge in [0, 0.05) is 18.6 Å². The highest BCUT2D eigenvalue weighted by Crippen LogP contribution is 2.23. The summed E-state index contributed by atoms with van der Waals surface area (Å²) in [6.45, 7) is 10.2. The summed E-state index contributed by atoms with van der Waals surface area (Å²) >= 11 is 0. The SMILES string of the molecule is CC(C)N(C(=O)[C@H](C)N(C)Cc1ccc(OC(F)(F)F)cc1)C(C)C. The summed E-state index contributed by atoms with van der Waals surface area (Å²) in [6, 6.07) is 5.55. The predicted octanol–water partition coefficient (Wildman–Crippen LogP) is 4.05. The molecule has 0 aromatic heterocycles. The first-order chi connectivity index (χ1) is 11.4. The molecule has 0 unspecified atom stereocenters. The summed E-state index contributed by atoms with van der Waals surface area (Å²) in [5.74, 6) is -0.224. The van der Waals surface area contributed by atoms with Crippen LogP contribution >= 0.6 is 0 Å². The second-order valence-electron chi connectivity index (χ2n) is 6.72. The Morgan fingerprint density at radius 2 is 1.52 bits per heavy atom. The lowest BCUT2D eigenvalue weighted by molar-refractivity contribution is -0.274. The molecule has 0 spiro atoms. The number of likely N-dealkylation sites (N-methyl/N-ethyl adjacent to an activating group) is 1. The van der Waals surface area contributed by atoms with Gasteiger partial charge >= 0.3 is 6.36 Å². The highest BCUT2D eigenvalue weighted by molar-refractivity contribution is 5.82. The Hall–Kier alpha value is -1.76. The molecule has 1 amide bonds. The first kappa shape index (κ1) is 21.3. The molecule has 0 heterocycles. The minimum absolute atomic E-state index is 0.0320. The third-order valence-electron chi connectivity index (χ3n) is 3.97. The molecule has 7 heteroatoms. The van der Waals surface area contributed by atoms with Crippen molar-refractivity contribution in [1.29, 1.82) is 0 Å². The Balaban J connectivity index is 2.74. The van der Waals surface area contributed by atoms with Gasteiger partial charge in [0.25, 0.3) is 0 Å². The molecule has 1 aromatic rings. The van der Waals surface area contributed by atoms with Crippen LogP contribution in [-0.4, -0.2) is 47.2 Å². The second kappa shape index (κ2) is 8.56. The molecule has 0 aliphatic carbocycles. The number of hydrogen-bond donors (Lipinski definition) is 0. The number of rotatable bonds is 7. The topological polar surface area (TPSA) is 32.8 Å². The van der Waals surface area contributed by atoms with Crippen LogP contribution in [-0.2, 0) is 11.3 Å². The molecule has 0 saturated heterocycles. The van der Waals surface area contributed by atoms with E-state index in [9.17, 15) is 18.0 Å². The van der Waals surface area contributed by atoms with E-state index in [1.54, 1.807) is 12.1 Å². The van der Waals surface area contributed by atoms with E-state index < -0.39 is 6.36 Å². The van der Waals surface area contributed by atoms with Crippen molar-refractivity contribution in [3.05, 3.63) is 29.8 Å². The third-order valence-corrected chi connectivity index (χ3v) is 3.97. The van der Waals surface area contributed by atoms with Crippen molar-refractivity contribution in [3.8, 4) is 5.75 Å². The van der Waals surface area contributed by atoms with Gasteiger partial charge in [-0.1, -0.05) is 12.1 Å². The molecule has 1 atom stereocenters. The van der Waals surface area contributed by atoms with Gasteiger partial charge in [0.1, 0.15) is 5.75 Å². The molecule has 142 valence electrons. The van der Waals surface area contributed by atoms with Gasteiger partial charge in [-0.2, -0.15) is 0 Å². The molecule has 25 heavy (non-hydrogen) atoms. The lowest BCUT2D eigenvalue weighted by Gasteiger charge is -2.35. The van der Waals surface area contributed by atoms with E-state index >= 15 is 0 Å². The Bertz CT molecular complexity index is 548. The van der Waals surface area contributed by atoms with Gasteiger partial charge in [0.05, 0.1) is 6.04 Å². The van der Waals surface area contributed by atoms with Crippen LogP contribution in [0.5, 0.6) is 5.75 Å². The number of benzene rings is 1. The van der Waals surface area contributed by atoms with Crippen molar-refractivity contribution >= 4 is 5.91 Å². The Labute approximate surface area is 147 Å². The number of hydrogen-bond acceptors (Lipinski definition) is 3. The minimum Gasteiger partial charge on any atom is -0.406 e. The molecule has 0 bridgehead atoms. The van der Waals surface area contributed by atoms with Crippen LogP contribution in [0.3, 0.4) is 0 Å². The first-order valence-electron chi connectivity index (χ1n) is 8.29. The number of alkyl halides is 3. The van der Waals surface area contributed by atoms with E-state index in [0.29, 0.717) is 6.54 Å². The highest BCUT2D eigenvalue weighted by Gasteiger charge is 2.31. The van der Waals surface area contributed by atoms with E-state index in [0.717, 1.165) is 5.56 Å². The number of halogens is 3. The molecule has 0 N–H and O–H groups in total. The maximum absolute atomic E-state index is 12.7. The van der Waals surface area contributed by atoms with Gasteiger partial charge in [-0.05, 0) is 59.4 Å². The van der Waals surface area contributed by atoms with Gasteiger partial charge < -0.3 is 9.64 Å². The van der Waals surface area contributed by atoms with E-state index in [1.165, 1.54) is 12.1 Å². The number of amides is 1. The Morgan fingerprint density at radius 1 is 1.04 bits per heavy atom. The number of nitrogens with zero attached hydrogens (tertiary/aromatic N) is 2. The summed E-state index contributed by atoms with van der Waals surface area (Å²) < 4.78 is 40.4. The number of carbonyl (C=O) groups excluding carboxylic acids is 1. The summed E-state index contributed by atoms with van der Waals surface area (Å²) in [6.07, 6.45) is -4.70. The van der Waals surface area contributed by atoms with E-state index in [2.05, 4.69) is 4.74 Å².